The third-order valence-electron chi connectivity index (χ3n) is 6.31. The Morgan fingerprint density at radius 2 is 2.23 bits per heavy atom. The lowest BCUT2D eigenvalue weighted by Gasteiger charge is -2.23. The number of nitrogens with two attached hydrogens (primary N) is 2. The van der Waals surface area contributed by atoms with Crippen molar-refractivity contribution in [3.8, 4) is 5.88 Å². The Kier molecular flexibility index (Phi) is 5.00. The smallest absolute Gasteiger partial charge is 0.354 e. The number of benzene rings is 1. The van der Waals surface area contributed by atoms with Crippen molar-refractivity contribution in [2.75, 3.05) is 18.5 Å². The van der Waals surface area contributed by atoms with Gasteiger partial charge in [0.2, 0.25) is 5.88 Å². The van der Waals surface area contributed by atoms with Gasteiger partial charge in [-0.25, -0.2) is 18.8 Å². The van der Waals surface area contributed by atoms with Gasteiger partial charge in [0, 0.05) is 18.2 Å². The van der Waals surface area contributed by atoms with E-state index >= 15 is 0 Å². The van der Waals surface area contributed by atoms with Crippen LogP contribution in [0.5, 0.6) is 5.88 Å². The number of ether oxygens (including phenoxy) is 1. The van der Waals surface area contributed by atoms with Gasteiger partial charge in [0.1, 0.15) is 4.90 Å². The molecule has 0 spiro atoms. The van der Waals surface area contributed by atoms with Gasteiger partial charge in [0.25, 0.3) is 0 Å². The first-order valence-electron chi connectivity index (χ1n) is 10.5. The lowest BCUT2D eigenvalue weighted by molar-refractivity contribution is 0.164. The van der Waals surface area contributed by atoms with E-state index in [-0.39, 0.29) is 16.7 Å². The summed E-state index contributed by atoms with van der Waals surface area (Å²) < 4.78 is 24.2. The van der Waals surface area contributed by atoms with Crippen molar-refractivity contribution in [2.45, 2.75) is 49.6 Å². The minimum Gasteiger partial charge on any atom is -0.476 e. The summed E-state index contributed by atoms with van der Waals surface area (Å²) in [7, 11) is -3.57. The molecule has 2 heterocycles. The Labute approximate surface area is 180 Å². The van der Waals surface area contributed by atoms with E-state index in [9.17, 15) is 14.1 Å². The zero-order valence-corrected chi connectivity index (χ0v) is 17.9. The number of aliphatic hydroxyl groups excluding tert-OH is 1. The maximum absolute atomic E-state index is 13.1. The number of hydrogen-bond donors (Lipinski definition) is 4. The van der Waals surface area contributed by atoms with Crippen LogP contribution in [-0.2, 0) is 35.7 Å². The minimum absolute atomic E-state index is 0.0945. The number of hydrogen-bond acceptors (Lipinski definition) is 6. The molecule has 3 aliphatic rings. The molecule has 3 atom stereocenters. The fraction of sp³-hybridized carbons (Fsp3) is 0.500. The molecule has 2 aromatic rings. The third-order valence-corrected chi connectivity index (χ3v) is 7.66. The highest BCUT2D eigenvalue weighted by Gasteiger charge is 2.30. The summed E-state index contributed by atoms with van der Waals surface area (Å²) in [5, 5.41) is 23.3. The second-order valence-electron chi connectivity index (χ2n) is 8.36. The van der Waals surface area contributed by atoms with E-state index in [0.29, 0.717) is 38.2 Å². The van der Waals surface area contributed by atoms with Crippen LogP contribution in [0.2, 0.25) is 0 Å². The topological polar surface area (TPSA) is 158 Å². The Morgan fingerprint density at radius 1 is 1.39 bits per heavy atom. The van der Waals surface area contributed by atoms with Crippen LogP contribution in [0.3, 0.4) is 0 Å². The molecule has 2 amide bonds. The number of amides is 2. The predicted molar refractivity (Wildman–Crippen MR) is 114 cm³/mol. The van der Waals surface area contributed by atoms with E-state index in [2.05, 4.69) is 20.8 Å². The number of rotatable bonds is 3. The molecule has 0 saturated heterocycles. The van der Waals surface area contributed by atoms with Crippen LogP contribution >= 0.6 is 0 Å². The summed E-state index contributed by atoms with van der Waals surface area (Å²) in [6.45, 7) is 1.33. The molecule has 0 radical (unpaired) electrons. The second kappa shape index (κ2) is 7.59. The first kappa shape index (κ1) is 20.4. The molecule has 1 aromatic carbocycles. The van der Waals surface area contributed by atoms with Crippen molar-refractivity contribution in [3.63, 3.8) is 0 Å². The summed E-state index contributed by atoms with van der Waals surface area (Å²) in [6, 6.07) is 1.27. The van der Waals surface area contributed by atoms with Crippen LogP contribution in [0.15, 0.2) is 21.5 Å². The van der Waals surface area contributed by atoms with E-state index in [4.69, 9.17) is 15.6 Å². The minimum atomic E-state index is -3.57. The van der Waals surface area contributed by atoms with Gasteiger partial charge in [-0.2, -0.15) is 5.10 Å². The highest BCUT2D eigenvalue weighted by molar-refractivity contribution is 7.91. The molecule has 5 rings (SSSR count). The molecule has 11 heteroatoms. The number of urea groups is 1. The third kappa shape index (κ3) is 3.51. The predicted octanol–water partition coefficient (Wildman–Crippen LogP) is 1.25. The summed E-state index contributed by atoms with van der Waals surface area (Å²) in [6.07, 6.45) is 4.85. The van der Waals surface area contributed by atoms with Crippen molar-refractivity contribution in [3.05, 3.63) is 34.5 Å². The average molecular weight is 447 g/mol. The van der Waals surface area contributed by atoms with Crippen molar-refractivity contribution in [1.82, 2.24) is 9.78 Å². The molecule has 1 aliphatic heterocycles. The summed E-state index contributed by atoms with van der Waals surface area (Å²) in [5.74, 6) is 0.366. The van der Waals surface area contributed by atoms with Crippen LogP contribution < -0.4 is 20.9 Å². The van der Waals surface area contributed by atoms with Crippen molar-refractivity contribution < 1.29 is 18.8 Å². The van der Waals surface area contributed by atoms with E-state index in [1.54, 1.807) is 4.68 Å². The Balaban J connectivity index is 1.46. The number of aromatic nitrogens is 2. The van der Waals surface area contributed by atoms with Crippen LogP contribution in [0.1, 0.15) is 41.2 Å². The SMILES string of the molecule is NCC1COc2c(S(N)(=O)=NC(=O)Nc3c4c(cc5c3CCC5O)CCC4)cnn2C1. The number of fused-ring (bicyclic) bond motifs is 3. The lowest BCUT2D eigenvalue weighted by Crippen LogP contribution is -2.32. The highest BCUT2D eigenvalue weighted by Crippen LogP contribution is 2.42. The Hall–Kier alpha value is -2.47. The Morgan fingerprint density at radius 3 is 3.03 bits per heavy atom. The monoisotopic (exact) mass is 446 g/mol. The average Bonchev–Trinajstić information content (AvgIpc) is 3.45. The maximum atomic E-state index is 13.1. The summed E-state index contributed by atoms with van der Waals surface area (Å²) in [5.41, 5.74) is 10.4. The highest BCUT2D eigenvalue weighted by atomic mass is 32.2. The molecule has 31 heavy (non-hydrogen) atoms. The normalized spacial score (nSPS) is 23.3. The van der Waals surface area contributed by atoms with Gasteiger partial charge < -0.3 is 20.9 Å². The largest absolute Gasteiger partial charge is 0.476 e. The standard InChI is InChI=1S/C20H26N6O4S/c21-7-11-9-26-19(30-10-11)17(8-23-26)31(22,29)25-20(28)24-18-13-3-1-2-12(13)6-15-14(18)4-5-16(15)27/h6,8,11,16,27H,1-5,7,9-10,21H2,(H3,22,24,25,28,29). The molecule has 6 N–H and O–H groups in total. The van der Waals surface area contributed by atoms with Crippen LogP contribution in [0.25, 0.3) is 0 Å². The molecule has 166 valence electrons. The fourth-order valence-electron chi connectivity index (χ4n) is 4.74. The van der Waals surface area contributed by atoms with Crippen LogP contribution in [-0.4, -0.2) is 38.3 Å². The van der Waals surface area contributed by atoms with Crippen molar-refractivity contribution in [2.24, 2.45) is 21.2 Å². The first-order chi connectivity index (χ1) is 14.9. The van der Waals surface area contributed by atoms with Crippen LogP contribution in [0.4, 0.5) is 10.5 Å². The first-order valence-corrected chi connectivity index (χ1v) is 12.1. The molecule has 0 fully saturated rings. The number of aliphatic hydroxyl groups is 1. The maximum Gasteiger partial charge on any atom is 0.354 e. The van der Waals surface area contributed by atoms with Crippen molar-refractivity contribution in [1.29, 1.82) is 0 Å². The van der Waals surface area contributed by atoms with Gasteiger partial charge in [-0.3, -0.25) is 0 Å². The molecular formula is C20H26N6O4S. The number of nitrogens with one attached hydrogen (secondary N) is 1. The van der Waals surface area contributed by atoms with Gasteiger partial charge >= 0.3 is 6.03 Å². The van der Waals surface area contributed by atoms with E-state index in [1.165, 1.54) is 6.20 Å². The van der Waals surface area contributed by atoms with E-state index < -0.39 is 22.1 Å². The zero-order chi connectivity index (χ0) is 21.8. The van der Waals surface area contributed by atoms with Gasteiger partial charge in [0.15, 0.2) is 9.92 Å². The molecular weight excluding hydrogens is 420 g/mol. The van der Waals surface area contributed by atoms with Gasteiger partial charge in [0.05, 0.1) is 25.5 Å². The van der Waals surface area contributed by atoms with Crippen LogP contribution in [0, 0.1) is 5.92 Å². The molecule has 0 saturated carbocycles. The number of carbonyl (C=O) groups excluding carboxylic acids is 1. The molecule has 2 aliphatic carbocycles. The molecule has 10 nitrogen and oxygen atoms in total. The number of nitrogens with zero attached hydrogens (tertiary/aromatic N) is 3. The van der Waals surface area contributed by atoms with Gasteiger partial charge in [-0.1, -0.05) is 6.07 Å². The van der Waals surface area contributed by atoms with E-state index in [0.717, 1.165) is 41.5 Å². The van der Waals surface area contributed by atoms with Gasteiger partial charge in [-0.05, 0) is 54.4 Å². The zero-order valence-electron chi connectivity index (χ0n) is 17.0. The Bertz CT molecular complexity index is 1180. The molecule has 1 aromatic heterocycles. The fourth-order valence-corrected chi connectivity index (χ4v) is 5.74. The quantitative estimate of drug-likeness (QED) is 0.555. The number of aryl methyl sites for hydroxylation is 1. The van der Waals surface area contributed by atoms with Crippen molar-refractivity contribution >= 4 is 21.6 Å². The number of carbonyl (C=O) groups is 1. The second-order valence-corrected chi connectivity index (χ2v) is 10.1. The summed E-state index contributed by atoms with van der Waals surface area (Å²) in [4.78, 5) is 12.9. The number of anilines is 1. The lowest BCUT2D eigenvalue weighted by atomic mass is 9.98. The molecule has 3 unspecified atom stereocenters. The summed E-state index contributed by atoms with van der Waals surface area (Å²) >= 11 is 0. The van der Waals surface area contributed by atoms with E-state index in [1.807, 2.05) is 0 Å². The van der Waals surface area contributed by atoms with Gasteiger partial charge in [-0.15, -0.1) is 4.36 Å². The molecule has 0 bridgehead atoms.